The molecule has 1 N–H and O–H groups in total. The highest BCUT2D eigenvalue weighted by molar-refractivity contribution is 5.69. The van der Waals surface area contributed by atoms with Crippen LogP contribution in [0.2, 0.25) is 0 Å². The van der Waals surface area contributed by atoms with Crippen molar-refractivity contribution in [1.29, 1.82) is 0 Å². The second-order valence-electron chi connectivity index (χ2n) is 11.6. The second-order valence-corrected chi connectivity index (χ2v) is 11.6. The van der Waals surface area contributed by atoms with Crippen LogP contribution in [0.15, 0.2) is 60.8 Å². The zero-order valence-electron chi connectivity index (χ0n) is 27.5. The smallest absolute Gasteiger partial charge is 0.306 e. The van der Waals surface area contributed by atoms with E-state index < -0.39 is 11.7 Å². The molecule has 0 saturated carbocycles. The van der Waals surface area contributed by atoms with Gasteiger partial charge in [-0.05, 0) is 111 Å². The molecule has 0 radical (unpaired) electrons. The fourth-order valence-electron chi connectivity index (χ4n) is 4.83. The summed E-state index contributed by atoms with van der Waals surface area (Å²) in [5.74, 6) is -0.182. The van der Waals surface area contributed by atoms with Gasteiger partial charge in [0.25, 0.3) is 0 Å². The number of rotatable bonds is 27. The molecule has 4 nitrogen and oxygen atoms in total. The van der Waals surface area contributed by atoms with Crippen LogP contribution in [0.1, 0.15) is 136 Å². The van der Waals surface area contributed by atoms with Crippen LogP contribution in [-0.4, -0.2) is 48.3 Å². The van der Waals surface area contributed by atoms with Gasteiger partial charge in [0, 0.05) is 6.42 Å². The first kappa shape index (κ1) is 39.1. The predicted octanol–water partition coefficient (Wildman–Crippen LogP) is 10.1. The normalized spacial score (nSPS) is 14.9. The van der Waals surface area contributed by atoms with Crippen LogP contribution in [0.3, 0.4) is 0 Å². The summed E-state index contributed by atoms with van der Waals surface area (Å²) in [5, 5.41) is 12.1. The monoisotopic (exact) mass is 571 g/mol. The van der Waals surface area contributed by atoms with Gasteiger partial charge in [0.2, 0.25) is 0 Å². The highest BCUT2D eigenvalue weighted by Crippen LogP contribution is 2.31. The molecule has 0 saturated heterocycles. The summed E-state index contributed by atoms with van der Waals surface area (Å²) >= 11 is 0. The Morgan fingerprint density at radius 1 is 0.732 bits per heavy atom. The number of ether oxygens (including phenoxy) is 1. The number of carbonyl (C=O) groups is 1. The van der Waals surface area contributed by atoms with Crippen LogP contribution in [0.25, 0.3) is 0 Å². The Hall–Kier alpha value is -1.91. The Balaban J connectivity index is 5.41. The molecule has 0 aromatic rings. The van der Waals surface area contributed by atoms with E-state index in [0.29, 0.717) is 25.7 Å². The summed E-state index contributed by atoms with van der Waals surface area (Å²) in [7, 11) is 4.04. The Kier molecular flexibility index (Phi) is 26.9. The van der Waals surface area contributed by atoms with Crippen molar-refractivity contribution in [2.75, 3.05) is 20.6 Å². The van der Waals surface area contributed by atoms with E-state index in [0.717, 1.165) is 64.3 Å². The Morgan fingerprint density at radius 3 is 1.90 bits per heavy atom. The number of hydrogen-bond donors (Lipinski definition) is 1. The van der Waals surface area contributed by atoms with Gasteiger partial charge >= 0.3 is 5.97 Å². The third-order valence-electron chi connectivity index (χ3n) is 7.35. The number of esters is 1. The van der Waals surface area contributed by atoms with Crippen molar-refractivity contribution in [3.05, 3.63) is 60.8 Å². The van der Waals surface area contributed by atoms with Crippen molar-refractivity contribution in [2.24, 2.45) is 0 Å². The summed E-state index contributed by atoms with van der Waals surface area (Å²) in [5.41, 5.74) is -1.01. The molecular formula is C37H65NO3. The third kappa shape index (κ3) is 24.4. The van der Waals surface area contributed by atoms with Crippen molar-refractivity contribution in [3.8, 4) is 0 Å². The first-order valence-electron chi connectivity index (χ1n) is 16.7. The van der Waals surface area contributed by atoms with Gasteiger partial charge in [-0.25, -0.2) is 0 Å². The van der Waals surface area contributed by atoms with E-state index in [1.807, 2.05) is 45.3 Å². The van der Waals surface area contributed by atoms with E-state index in [2.05, 4.69) is 55.2 Å². The minimum atomic E-state index is -1.01. The Morgan fingerprint density at radius 2 is 1.29 bits per heavy atom. The molecule has 0 aromatic heterocycles. The lowest BCUT2D eigenvalue weighted by Gasteiger charge is -2.36. The number of allylic oxidation sites excluding steroid dienone is 10. The van der Waals surface area contributed by atoms with Gasteiger partial charge in [-0.2, -0.15) is 0 Å². The molecule has 0 aromatic carbocycles. The molecule has 0 rings (SSSR count). The van der Waals surface area contributed by atoms with E-state index in [4.69, 9.17) is 4.74 Å². The van der Waals surface area contributed by atoms with Gasteiger partial charge in [0.1, 0.15) is 11.7 Å². The van der Waals surface area contributed by atoms with E-state index >= 15 is 0 Å². The molecule has 0 heterocycles. The summed E-state index contributed by atoms with van der Waals surface area (Å²) < 4.78 is 6.10. The number of hydrogen-bond acceptors (Lipinski definition) is 4. The van der Waals surface area contributed by atoms with E-state index in [9.17, 15) is 9.90 Å². The maximum Gasteiger partial charge on any atom is 0.306 e. The zero-order valence-corrected chi connectivity index (χ0v) is 27.5. The lowest BCUT2D eigenvalue weighted by atomic mass is 9.83. The molecule has 4 heteroatoms. The Bertz CT molecular complexity index is 749. The molecule has 236 valence electrons. The number of aliphatic hydroxyl groups is 1. The van der Waals surface area contributed by atoms with Crippen LogP contribution >= 0.6 is 0 Å². The quantitative estimate of drug-likeness (QED) is 0.0461. The van der Waals surface area contributed by atoms with E-state index in [1.54, 1.807) is 0 Å². The third-order valence-corrected chi connectivity index (χ3v) is 7.35. The second kappa shape index (κ2) is 28.2. The van der Waals surface area contributed by atoms with Crippen molar-refractivity contribution >= 4 is 5.97 Å². The zero-order chi connectivity index (χ0) is 30.4. The maximum absolute atomic E-state index is 12.9. The summed E-state index contributed by atoms with van der Waals surface area (Å²) in [6.07, 6.45) is 37.9. The number of carbonyl (C=O) groups excluding carboxylic acids is 1. The summed E-state index contributed by atoms with van der Waals surface area (Å²) in [6, 6.07) is 0. The molecule has 41 heavy (non-hydrogen) atoms. The SMILES string of the molecule is C/C=C/C=C/C=C\CCCC(O)(CCC/C=C\CCCC)C(CCC/C=C\CCCCC)OC(=O)CCCN(C)C. The molecule has 2 atom stereocenters. The van der Waals surface area contributed by atoms with Crippen LogP contribution in [-0.2, 0) is 9.53 Å². The summed E-state index contributed by atoms with van der Waals surface area (Å²) in [4.78, 5) is 15.0. The molecule has 0 aliphatic heterocycles. The standard InChI is InChI=1S/C37H65NO3/c1-6-9-12-15-18-20-23-26-30-35(41-36(39)31-29-34-38(4)5)37(40,32-27-24-21-17-14-11-8-3)33-28-25-22-19-16-13-10-7-2/h7,10,13,16-22,35,40H,6,8-9,11-12,14-15,23-34H2,1-5H3/b10-7+,16-13+,20-18-,21-17-,22-19-. The minimum Gasteiger partial charge on any atom is -0.459 e. The van der Waals surface area contributed by atoms with Crippen LogP contribution < -0.4 is 0 Å². The molecule has 0 amide bonds. The first-order valence-corrected chi connectivity index (χ1v) is 16.7. The molecule has 0 fully saturated rings. The van der Waals surface area contributed by atoms with Crippen molar-refractivity contribution in [1.82, 2.24) is 4.90 Å². The molecule has 0 aliphatic carbocycles. The van der Waals surface area contributed by atoms with Crippen molar-refractivity contribution in [3.63, 3.8) is 0 Å². The minimum absolute atomic E-state index is 0.182. The predicted molar refractivity (Wildman–Crippen MR) is 179 cm³/mol. The van der Waals surface area contributed by atoms with Gasteiger partial charge in [-0.15, -0.1) is 0 Å². The van der Waals surface area contributed by atoms with E-state index in [1.165, 1.54) is 32.1 Å². The summed E-state index contributed by atoms with van der Waals surface area (Å²) in [6.45, 7) is 7.30. The molecule has 0 aliphatic rings. The average molecular weight is 572 g/mol. The molecule has 0 bridgehead atoms. The average Bonchev–Trinajstić information content (AvgIpc) is 2.94. The van der Waals surface area contributed by atoms with Crippen LogP contribution in [0.5, 0.6) is 0 Å². The van der Waals surface area contributed by atoms with E-state index in [-0.39, 0.29) is 5.97 Å². The largest absolute Gasteiger partial charge is 0.459 e. The van der Waals surface area contributed by atoms with Gasteiger partial charge in [0.15, 0.2) is 0 Å². The van der Waals surface area contributed by atoms with Gasteiger partial charge in [-0.3, -0.25) is 4.79 Å². The molecule has 0 spiro atoms. The van der Waals surface area contributed by atoms with Gasteiger partial charge in [0.05, 0.1) is 0 Å². The Labute approximate surface area is 254 Å². The highest BCUT2D eigenvalue weighted by Gasteiger charge is 2.38. The van der Waals surface area contributed by atoms with Crippen molar-refractivity contribution in [2.45, 2.75) is 148 Å². The molecule has 2 unspecified atom stereocenters. The van der Waals surface area contributed by atoms with Gasteiger partial charge in [-0.1, -0.05) is 100 Å². The number of unbranched alkanes of at least 4 members (excludes halogenated alkanes) is 8. The number of nitrogens with zero attached hydrogens (tertiary/aromatic N) is 1. The first-order chi connectivity index (χ1) is 19.9. The highest BCUT2D eigenvalue weighted by atomic mass is 16.6. The van der Waals surface area contributed by atoms with Crippen LogP contribution in [0, 0.1) is 0 Å². The topological polar surface area (TPSA) is 49.8 Å². The molecular weight excluding hydrogens is 506 g/mol. The fourth-order valence-corrected chi connectivity index (χ4v) is 4.83. The fraction of sp³-hybridized carbons (Fsp3) is 0.703. The van der Waals surface area contributed by atoms with Gasteiger partial charge < -0.3 is 14.7 Å². The lowest BCUT2D eigenvalue weighted by molar-refractivity contribution is -0.169. The maximum atomic E-state index is 12.9. The lowest BCUT2D eigenvalue weighted by Crippen LogP contribution is -2.45. The van der Waals surface area contributed by atoms with Crippen molar-refractivity contribution < 1.29 is 14.6 Å². The van der Waals surface area contributed by atoms with Crippen LogP contribution in [0.4, 0.5) is 0 Å².